The maximum Gasteiger partial charge on any atom is 0.307 e. The molecule has 0 saturated heterocycles. The Morgan fingerprint density at radius 2 is 2.00 bits per heavy atom. The van der Waals surface area contributed by atoms with Crippen LogP contribution in [0.1, 0.15) is 18.9 Å². The van der Waals surface area contributed by atoms with Crippen LogP contribution in [0.15, 0.2) is 24.3 Å². The fourth-order valence-electron chi connectivity index (χ4n) is 1.74. The summed E-state index contributed by atoms with van der Waals surface area (Å²) in [6.07, 6.45) is 1.18. The molecule has 0 amide bonds. The van der Waals surface area contributed by atoms with E-state index in [-0.39, 0.29) is 12.0 Å². The van der Waals surface area contributed by atoms with E-state index in [0.717, 1.165) is 12.2 Å². The summed E-state index contributed by atoms with van der Waals surface area (Å²) in [4.78, 5) is 11.4. The van der Waals surface area contributed by atoms with E-state index < -0.39 is 0 Å². The van der Waals surface area contributed by atoms with Crippen LogP contribution in [0.25, 0.3) is 0 Å². The van der Waals surface area contributed by atoms with Crippen LogP contribution in [0.2, 0.25) is 0 Å². The Hall–Kier alpha value is -1.55. The van der Waals surface area contributed by atoms with Crippen molar-refractivity contribution in [2.45, 2.75) is 25.8 Å². The number of carbonyl (C=O) groups is 1. The molecule has 1 aromatic rings. The van der Waals surface area contributed by atoms with Crippen LogP contribution in [0.3, 0.4) is 0 Å². The minimum Gasteiger partial charge on any atom is -0.497 e. The summed E-state index contributed by atoms with van der Waals surface area (Å²) >= 11 is 0. The number of likely N-dealkylation sites (N-methyl/N-ethyl adjacent to an activating group) is 1. The number of rotatable bonds is 7. The van der Waals surface area contributed by atoms with Crippen LogP contribution in [-0.2, 0) is 16.0 Å². The topological polar surface area (TPSA) is 47.6 Å². The Balaban J connectivity index is 2.53. The Morgan fingerprint density at radius 3 is 2.50 bits per heavy atom. The van der Waals surface area contributed by atoms with E-state index in [1.54, 1.807) is 7.11 Å². The maximum atomic E-state index is 11.4. The van der Waals surface area contributed by atoms with Gasteiger partial charge in [0.25, 0.3) is 0 Å². The molecular formula is C14H21NO3. The summed E-state index contributed by atoms with van der Waals surface area (Å²) < 4.78 is 10.1. The molecule has 1 aromatic carbocycles. The summed E-state index contributed by atoms with van der Waals surface area (Å²) in [6.45, 7) is 2.24. The van der Waals surface area contributed by atoms with Gasteiger partial charge < -0.3 is 14.8 Å². The molecule has 0 aliphatic heterocycles. The van der Waals surface area contributed by atoms with Crippen molar-refractivity contribution in [1.29, 1.82) is 0 Å². The fraction of sp³-hybridized carbons (Fsp3) is 0.500. The number of methoxy groups -OCH3 is 1. The van der Waals surface area contributed by atoms with Crippen molar-refractivity contribution in [2.24, 2.45) is 0 Å². The minimum atomic E-state index is -0.162. The van der Waals surface area contributed by atoms with Gasteiger partial charge in [-0.15, -0.1) is 0 Å². The van der Waals surface area contributed by atoms with Crippen LogP contribution in [0, 0.1) is 0 Å². The molecule has 0 saturated carbocycles. The molecule has 0 spiro atoms. The van der Waals surface area contributed by atoms with E-state index in [9.17, 15) is 4.79 Å². The van der Waals surface area contributed by atoms with Gasteiger partial charge in [-0.1, -0.05) is 12.1 Å². The van der Waals surface area contributed by atoms with Gasteiger partial charge in [-0.05, 0) is 38.1 Å². The van der Waals surface area contributed by atoms with Crippen molar-refractivity contribution < 1.29 is 14.3 Å². The highest BCUT2D eigenvalue weighted by molar-refractivity contribution is 5.70. The van der Waals surface area contributed by atoms with Crippen molar-refractivity contribution in [3.63, 3.8) is 0 Å². The first-order chi connectivity index (χ1) is 8.69. The Bertz CT molecular complexity index is 362. The molecule has 1 rings (SSSR count). The second-order valence-electron chi connectivity index (χ2n) is 4.05. The number of nitrogens with one attached hydrogen (secondary N) is 1. The second kappa shape index (κ2) is 7.71. The van der Waals surface area contributed by atoms with Crippen LogP contribution in [0.5, 0.6) is 5.75 Å². The molecule has 4 heteroatoms. The maximum absolute atomic E-state index is 11.4. The monoisotopic (exact) mass is 251 g/mol. The van der Waals surface area contributed by atoms with Gasteiger partial charge in [0, 0.05) is 6.04 Å². The highest BCUT2D eigenvalue weighted by Gasteiger charge is 2.13. The zero-order valence-electron chi connectivity index (χ0n) is 11.2. The summed E-state index contributed by atoms with van der Waals surface area (Å²) in [5.41, 5.74) is 1.17. The number of hydrogen-bond acceptors (Lipinski definition) is 4. The lowest BCUT2D eigenvalue weighted by molar-refractivity contribution is -0.143. The molecule has 0 radical (unpaired) electrons. The number of carbonyl (C=O) groups excluding carboxylic acids is 1. The first-order valence-electron chi connectivity index (χ1n) is 6.15. The van der Waals surface area contributed by atoms with Gasteiger partial charge in [0.1, 0.15) is 5.75 Å². The lowest BCUT2D eigenvalue weighted by Gasteiger charge is -2.15. The fourth-order valence-corrected chi connectivity index (χ4v) is 1.74. The molecule has 1 N–H and O–H groups in total. The normalized spacial score (nSPS) is 11.9. The minimum absolute atomic E-state index is 0.0949. The van der Waals surface area contributed by atoms with Crippen LogP contribution in [0.4, 0.5) is 0 Å². The van der Waals surface area contributed by atoms with E-state index in [1.165, 1.54) is 5.56 Å². The lowest BCUT2D eigenvalue weighted by atomic mass is 10.0. The molecule has 0 bridgehead atoms. The zero-order valence-corrected chi connectivity index (χ0v) is 11.2. The van der Waals surface area contributed by atoms with Crippen molar-refractivity contribution in [3.05, 3.63) is 29.8 Å². The third kappa shape index (κ3) is 4.75. The summed E-state index contributed by atoms with van der Waals surface area (Å²) in [5, 5.41) is 3.14. The van der Waals surface area contributed by atoms with Gasteiger partial charge in [-0.3, -0.25) is 4.79 Å². The number of esters is 1. The molecular weight excluding hydrogens is 230 g/mol. The van der Waals surface area contributed by atoms with E-state index in [2.05, 4.69) is 5.32 Å². The molecule has 1 unspecified atom stereocenters. The van der Waals surface area contributed by atoms with Crippen molar-refractivity contribution >= 4 is 5.97 Å². The third-order valence-corrected chi connectivity index (χ3v) is 2.77. The molecule has 0 aliphatic carbocycles. The van der Waals surface area contributed by atoms with Crippen LogP contribution in [-0.4, -0.2) is 32.8 Å². The van der Waals surface area contributed by atoms with Crippen molar-refractivity contribution in [1.82, 2.24) is 5.32 Å². The highest BCUT2D eigenvalue weighted by atomic mass is 16.5. The number of hydrogen-bond donors (Lipinski definition) is 1. The first kappa shape index (κ1) is 14.5. The SMILES string of the molecule is CCOC(=O)CC(Cc1ccc(OC)cc1)NC. The lowest BCUT2D eigenvalue weighted by Crippen LogP contribution is -2.31. The summed E-state index contributed by atoms with van der Waals surface area (Å²) in [6, 6.07) is 7.96. The Morgan fingerprint density at radius 1 is 1.33 bits per heavy atom. The van der Waals surface area contributed by atoms with Crippen LogP contribution >= 0.6 is 0 Å². The predicted molar refractivity (Wildman–Crippen MR) is 70.8 cm³/mol. The molecule has 1 atom stereocenters. The largest absolute Gasteiger partial charge is 0.497 e. The summed E-state index contributed by atoms with van der Waals surface area (Å²) in [7, 11) is 3.50. The average Bonchev–Trinajstić information content (AvgIpc) is 2.39. The van der Waals surface area contributed by atoms with Gasteiger partial charge >= 0.3 is 5.97 Å². The average molecular weight is 251 g/mol. The van der Waals surface area contributed by atoms with Gasteiger partial charge in [-0.2, -0.15) is 0 Å². The van der Waals surface area contributed by atoms with E-state index >= 15 is 0 Å². The summed E-state index contributed by atoms with van der Waals surface area (Å²) in [5.74, 6) is 0.676. The molecule has 0 aromatic heterocycles. The molecule has 0 heterocycles. The van der Waals surface area contributed by atoms with E-state index in [4.69, 9.17) is 9.47 Å². The quantitative estimate of drug-likeness (QED) is 0.750. The Labute approximate surface area is 108 Å². The smallest absolute Gasteiger partial charge is 0.307 e. The highest BCUT2D eigenvalue weighted by Crippen LogP contribution is 2.13. The number of ether oxygens (including phenoxy) is 2. The first-order valence-corrected chi connectivity index (χ1v) is 6.15. The number of benzene rings is 1. The predicted octanol–water partition coefficient (Wildman–Crippen LogP) is 1.78. The third-order valence-electron chi connectivity index (χ3n) is 2.77. The van der Waals surface area contributed by atoms with Gasteiger partial charge in [-0.25, -0.2) is 0 Å². The van der Waals surface area contributed by atoms with Gasteiger partial charge in [0.15, 0.2) is 0 Å². The molecule has 18 heavy (non-hydrogen) atoms. The van der Waals surface area contributed by atoms with E-state index in [0.29, 0.717) is 13.0 Å². The van der Waals surface area contributed by atoms with Crippen molar-refractivity contribution in [3.8, 4) is 5.75 Å². The molecule has 0 aliphatic rings. The zero-order chi connectivity index (χ0) is 13.4. The molecule has 4 nitrogen and oxygen atoms in total. The second-order valence-corrected chi connectivity index (χ2v) is 4.05. The van der Waals surface area contributed by atoms with Gasteiger partial charge in [0.2, 0.25) is 0 Å². The van der Waals surface area contributed by atoms with Gasteiger partial charge in [0.05, 0.1) is 20.1 Å². The van der Waals surface area contributed by atoms with E-state index in [1.807, 2.05) is 38.2 Å². The van der Waals surface area contributed by atoms with Crippen LogP contribution < -0.4 is 10.1 Å². The molecule has 100 valence electrons. The van der Waals surface area contributed by atoms with Crippen molar-refractivity contribution in [2.75, 3.05) is 20.8 Å². The Kier molecular flexibility index (Phi) is 6.22. The standard InChI is InChI=1S/C14H21NO3/c1-4-18-14(16)10-12(15-2)9-11-5-7-13(17-3)8-6-11/h5-8,12,15H,4,9-10H2,1-3H3. The molecule has 0 fully saturated rings.